The Labute approximate surface area is 119 Å². The summed E-state index contributed by atoms with van der Waals surface area (Å²) >= 11 is 0. The smallest absolute Gasteiger partial charge is 0.383 e. The lowest BCUT2D eigenvalue weighted by Gasteiger charge is -2.26. The third kappa shape index (κ3) is 3.26. The summed E-state index contributed by atoms with van der Waals surface area (Å²) < 4.78 is 56.6. The van der Waals surface area contributed by atoms with Crippen LogP contribution in [0.4, 0.5) is 17.6 Å². The molecule has 1 heterocycles. The molecule has 0 fully saturated rings. The minimum Gasteiger partial charge on any atom is -0.383 e. The second-order valence-electron chi connectivity index (χ2n) is 4.64. The van der Waals surface area contributed by atoms with Crippen molar-refractivity contribution in [3.8, 4) is 0 Å². The van der Waals surface area contributed by atoms with Crippen molar-refractivity contribution in [1.82, 2.24) is 4.90 Å². The minimum absolute atomic E-state index is 0.235. The van der Waals surface area contributed by atoms with Gasteiger partial charge in [-0.25, -0.2) is 4.39 Å². The SMILES string of the molecule is COCCN1C(N)=NCC1c1ccc(F)c(C(F)(F)F)c1. The van der Waals surface area contributed by atoms with E-state index in [-0.39, 0.29) is 12.5 Å². The largest absolute Gasteiger partial charge is 0.419 e. The molecule has 0 saturated carbocycles. The van der Waals surface area contributed by atoms with E-state index in [1.807, 2.05) is 0 Å². The average molecular weight is 305 g/mol. The van der Waals surface area contributed by atoms with Crippen molar-refractivity contribution in [3.05, 3.63) is 35.1 Å². The Balaban J connectivity index is 2.29. The molecule has 0 spiro atoms. The van der Waals surface area contributed by atoms with E-state index in [0.717, 1.165) is 12.1 Å². The first kappa shape index (κ1) is 15.6. The Morgan fingerprint density at radius 2 is 2.14 bits per heavy atom. The number of nitrogens with two attached hydrogens (primary N) is 1. The second kappa shape index (κ2) is 5.88. The molecule has 1 aromatic carbocycles. The Bertz CT molecular complexity index is 545. The molecular weight excluding hydrogens is 290 g/mol. The van der Waals surface area contributed by atoms with Gasteiger partial charge >= 0.3 is 6.18 Å². The van der Waals surface area contributed by atoms with Gasteiger partial charge in [-0.1, -0.05) is 6.07 Å². The van der Waals surface area contributed by atoms with Crippen LogP contribution in [-0.2, 0) is 10.9 Å². The van der Waals surface area contributed by atoms with E-state index in [1.54, 1.807) is 4.90 Å². The number of benzene rings is 1. The van der Waals surface area contributed by atoms with Gasteiger partial charge in [-0.05, 0) is 17.7 Å². The Hall–Kier alpha value is -1.83. The summed E-state index contributed by atoms with van der Waals surface area (Å²) in [4.78, 5) is 5.68. The van der Waals surface area contributed by atoms with Crippen molar-refractivity contribution in [2.24, 2.45) is 10.7 Å². The number of rotatable bonds is 4. The molecular formula is C13H15F4N3O. The van der Waals surface area contributed by atoms with Crippen LogP contribution in [-0.4, -0.2) is 37.7 Å². The zero-order valence-corrected chi connectivity index (χ0v) is 11.3. The van der Waals surface area contributed by atoms with E-state index < -0.39 is 23.6 Å². The molecule has 116 valence electrons. The quantitative estimate of drug-likeness (QED) is 0.867. The standard InChI is InChI=1S/C13H15F4N3O/c1-21-5-4-20-11(7-19-12(20)18)8-2-3-10(14)9(6-8)13(15,16)17/h2-3,6,11H,4-5,7H2,1H3,(H2,18,19). The molecule has 8 heteroatoms. The maximum atomic E-state index is 13.3. The van der Waals surface area contributed by atoms with Crippen LogP contribution in [0.25, 0.3) is 0 Å². The summed E-state index contributed by atoms with van der Waals surface area (Å²) in [6.07, 6.45) is -4.73. The number of hydrogen-bond donors (Lipinski definition) is 1. The van der Waals surface area contributed by atoms with E-state index in [9.17, 15) is 17.6 Å². The molecule has 1 aliphatic rings. The van der Waals surface area contributed by atoms with Gasteiger partial charge < -0.3 is 15.4 Å². The summed E-state index contributed by atoms with van der Waals surface area (Å²) in [6.45, 7) is 0.994. The van der Waals surface area contributed by atoms with E-state index in [1.165, 1.54) is 13.2 Å². The molecule has 0 aliphatic carbocycles. The predicted molar refractivity (Wildman–Crippen MR) is 69.2 cm³/mol. The van der Waals surface area contributed by atoms with Crippen LogP contribution >= 0.6 is 0 Å². The molecule has 4 nitrogen and oxygen atoms in total. The van der Waals surface area contributed by atoms with Crippen molar-refractivity contribution in [2.45, 2.75) is 12.2 Å². The Kier molecular flexibility index (Phi) is 4.36. The summed E-state index contributed by atoms with van der Waals surface area (Å²) in [5, 5.41) is 0. The van der Waals surface area contributed by atoms with Crippen LogP contribution < -0.4 is 5.73 Å². The zero-order valence-electron chi connectivity index (χ0n) is 11.3. The number of aliphatic imine (C=N–C) groups is 1. The van der Waals surface area contributed by atoms with Gasteiger partial charge in [-0.15, -0.1) is 0 Å². The number of halogens is 4. The number of hydrogen-bond acceptors (Lipinski definition) is 4. The zero-order chi connectivity index (χ0) is 15.6. The minimum atomic E-state index is -4.73. The molecule has 0 bridgehead atoms. The first-order valence-electron chi connectivity index (χ1n) is 6.26. The maximum Gasteiger partial charge on any atom is 0.419 e. The van der Waals surface area contributed by atoms with Crippen molar-refractivity contribution >= 4 is 5.96 Å². The topological polar surface area (TPSA) is 50.9 Å². The van der Waals surface area contributed by atoms with E-state index >= 15 is 0 Å². The lowest BCUT2D eigenvalue weighted by atomic mass is 10.0. The van der Waals surface area contributed by atoms with Crippen LogP contribution in [0, 0.1) is 5.82 Å². The van der Waals surface area contributed by atoms with Gasteiger partial charge in [0.2, 0.25) is 0 Å². The molecule has 1 aliphatic heterocycles. The number of nitrogens with zero attached hydrogens (tertiary/aromatic N) is 2. The van der Waals surface area contributed by atoms with Gasteiger partial charge in [0.05, 0.1) is 24.8 Å². The fourth-order valence-electron chi connectivity index (χ4n) is 2.24. The van der Waals surface area contributed by atoms with E-state index in [4.69, 9.17) is 10.5 Å². The van der Waals surface area contributed by atoms with E-state index in [0.29, 0.717) is 18.7 Å². The summed E-state index contributed by atoms with van der Waals surface area (Å²) in [7, 11) is 1.51. The number of methoxy groups -OCH3 is 1. The molecule has 1 unspecified atom stereocenters. The number of ether oxygens (including phenoxy) is 1. The first-order chi connectivity index (χ1) is 9.84. The van der Waals surface area contributed by atoms with Crippen LogP contribution in [0.3, 0.4) is 0 Å². The van der Waals surface area contributed by atoms with Gasteiger partial charge in [-0.2, -0.15) is 13.2 Å². The highest BCUT2D eigenvalue weighted by atomic mass is 19.4. The van der Waals surface area contributed by atoms with Crippen molar-refractivity contribution in [1.29, 1.82) is 0 Å². The highest BCUT2D eigenvalue weighted by molar-refractivity contribution is 5.80. The fraction of sp³-hybridized carbons (Fsp3) is 0.462. The van der Waals surface area contributed by atoms with Crippen molar-refractivity contribution in [3.63, 3.8) is 0 Å². The van der Waals surface area contributed by atoms with Crippen molar-refractivity contribution in [2.75, 3.05) is 26.8 Å². The second-order valence-corrected chi connectivity index (χ2v) is 4.64. The average Bonchev–Trinajstić information content (AvgIpc) is 2.77. The van der Waals surface area contributed by atoms with Gasteiger partial charge in [0.25, 0.3) is 0 Å². The fourth-order valence-corrected chi connectivity index (χ4v) is 2.24. The third-order valence-corrected chi connectivity index (χ3v) is 3.31. The Morgan fingerprint density at radius 3 is 2.76 bits per heavy atom. The van der Waals surface area contributed by atoms with Crippen LogP contribution in [0.2, 0.25) is 0 Å². The first-order valence-corrected chi connectivity index (χ1v) is 6.26. The highest BCUT2D eigenvalue weighted by Crippen LogP contribution is 2.34. The summed E-state index contributed by atoms with van der Waals surface area (Å²) in [5.41, 5.74) is 4.77. The number of alkyl halides is 3. The van der Waals surface area contributed by atoms with E-state index in [2.05, 4.69) is 4.99 Å². The molecule has 0 amide bonds. The molecule has 0 aromatic heterocycles. The predicted octanol–water partition coefficient (Wildman–Crippen LogP) is 2.16. The summed E-state index contributed by atoms with van der Waals surface area (Å²) in [5.74, 6) is -1.04. The van der Waals surface area contributed by atoms with Crippen molar-refractivity contribution < 1.29 is 22.3 Å². The lowest BCUT2D eigenvalue weighted by molar-refractivity contribution is -0.140. The Morgan fingerprint density at radius 1 is 1.43 bits per heavy atom. The molecule has 1 atom stereocenters. The van der Waals surface area contributed by atoms with Gasteiger partial charge in [0.1, 0.15) is 5.82 Å². The highest BCUT2D eigenvalue weighted by Gasteiger charge is 2.36. The maximum absolute atomic E-state index is 13.3. The van der Waals surface area contributed by atoms with Gasteiger partial charge in [0.15, 0.2) is 5.96 Å². The molecule has 2 N–H and O–H groups in total. The third-order valence-electron chi connectivity index (χ3n) is 3.31. The van der Waals surface area contributed by atoms with Crippen LogP contribution in [0.1, 0.15) is 17.2 Å². The summed E-state index contributed by atoms with van der Waals surface area (Å²) in [6, 6.07) is 2.51. The van der Waals surface area contributed by atoms with Crippen LogP contribution in [0.5, 0.6) is 0 Å². The lowest BCUT2D eigenvalue weighted by Crippen LogP contribution is -2.38. The molecule has 21 heavy (non-hydrogen) atoms. The van der Waals surface area contributed by atoms with Gasteiger partial charge in [-0.3, -0.25) is 4.99 Å². The monoisotopic (exact) mass is 305 g/mol. The molecule has 2 rings (SSSR count). The number of guanidine groups is 1. The normalized spacial score (nSPS) is 19.0. The molecule has 0 saturated heterocycles. The van der Waals surface area contributed by atoms with Gasteiger partial charge in [0, 0.05) is 13.7 Å². The molecule has 0 radical (unpaired) electrons. The van der Waals surface area contributed by atoms with Crippen LogP contribution in [0.15, 0.2) is 23.2 Å². The molecule has 1 aromatic rings.